The third kappa shape index (κ3) is 2.09. The lowest BCUT2D eigenvalue weighted by Gasteiger charge is -2.26. The smallest absolute Gasteiger partial charge is 0.309 e. The van der Waals surface area contributed by atoms with E-state index >= 15 is 0 Å². The van der Waals surface area contributed by atoms with Crippen LogP contribution in [0.5, 0.6) is 0 Å². The molecule has 1 aromatic rings. The van der Waals surface area contributed by atoms with E-state index in [0.29, 0.717) is 18.3 Å². The number of hydrogen-bond acceptors (Lipinski definition) is 1. The van der Waals surface area contributed by atoms with Crippen molar-refractivity contribution in [3.8, 4) is 0 Å². The molecule has 0 amide bonds. The van der Waals surface area contributed by atoms with Crippen LogP contribution >= 0.6 is 22.6 Å². The third-order valence-electron chi connectivity index (χ3n) is 4.28. The van der Waals surface area contributed by atoms with Crippen molar-refractivity contribution < 1.29 is 9.90 Å². The Morgan fingerprint density at radius 3 is 2.41 bits per heavy atom. The molecule has 1 aromatic carbocycles. The van der Waals surface area contributed by atoms with Gasteiger partial charge >= 0.3 is 5.97 Å². The monoisotopic (exact) mass is 342 g/mol. The first kappa shape index (κ1) is 11.5. The highest BCUT2D eigenvalue weighted by molar-refractivity contribution is 14.1. The predicted molar refractivity (Wildman–Crippen MR) is 73.8 cm³/mol. The van der Waals surface area contributed by atoms with Crippen LogP contribution in [0.3, 0.4) is 0 Å². The molecule has 2 aliphatic carbocycles. The second-order valence-electron chi connectivity index (χ2n) is 5.55. The van der Waals surface area contributed by atoms with E-state index in [1.54, 1.807) is 0 Å². The van der Waals surface area contributed by atoms with Gasteiger partial charge in [-0.1, -0.05) is 12.1 Å². The first-order valence-corrected chi connectivity index (χ1v) is 7.15. The van der Waals surface area contributed by atoms with Crippen LogP contribution in [0.4, 0.5) is 0 Å². The predicted octanol–water partition coefficient (Wildman–Crippen LogP) is 3.33. The van der Waals surface area contributed by atoms with E-state index in [9.17, 15) is 9.90 Å². The summed E-state index contributed by atoms with van der Waals surface area (Å²) in [7, 11) is 0. The normalized spacial score (nSPS) is 34.4. The molecule has 2 unspecified atom stereocenters. The molecule has 0 bridgehead atoms. The molecule has 0 heterocycles. The van der Waals surface area contributed by atoms with Gasteiger partial charge in [-0.15, -0.1) is 0 Å². The molecule has 0 aromatic heterocycles. The van der Waals surface area contributed by atoms with Crippen LogP contribution in [-0.4, -0.2) is 11.1 Å². The molecule has 3 rings (SSSR count). The average molecular weight is 342 g/mol. The molecule has 2 fully saturated rings. The van der Waals surface area contributed by atoms with Gasteiger partial charge in [-0.2, -0.15) is 0 Å². The van der Waals surface area contributed by atoms with E-state index in [1.165, 1.54) is 9.99 Å². The minimum atomic E-state index is -0.594. The molecule has 0 saturated heterocycles. The molecule has 2 atom stereocenters. The Kier molecular flexibility index (Phi) is 2.69. The van der Waals surface area contributed by atoms with Crippen molar-refractivity contribution >= 4 is 28.6 Å². The van der Waals surface area contributed by atoms with E-state index in [-0.39, 0.29) is 0 Å². The lowest BCUT2D eigenvalue weighted by molar-refractivity contribution is -0.149. The zero-order valence-corrected chi connectivity index (χ0v) is 11.7. The van der Waals surface area contributed by atoms with Crippen LogP contribution in [-0.2, 0) is 11.2 Å². The van der Waals surface area contributed by atoms with Crippen LogP contribution in [0.25, 0.3) is 0 Å². The third-order valence-corrected chi connectivity index (χ3v) is 5.00. The number of carboxylic acids is 1. The van der Waals surface area contributed by atoms with Crippen molar-refractivity contribution in [2.75, 3.05) is 0 Å². The van der Waals surface area contributed by atoms with Gasteiger partial charge in [0, 0.05) is 3.57 Å². The van der Waals surface area contributed by atoms with Crippen LogP contribution in [0.15, 0.2) is 24.3 Å². The summed E-state index contributed by atoms with van der Waals surface area (Å²) in [4.78, 5) is 11.6. The van der Waals surface area contributed by atoms with Gasteiger partial charge in [0.1, 0.15) is 0 Å². The zero-order valence-electron chi connectivity index (χ0n) is 9.53. The highest BCUT2D eigenvalue weighted by Gasteiger charge is 2.57. The Hall–Kier alpha value is -0.580. The van der Waals surface area contributed by atoms with E-state index in [0.717, 1.165) is 18.4 Å². The minimum absolute atomic E-state index is 0.472. The van der Waals surface area contributed by atoms with Crippen LogP contribution < -0.4 is 0 Å². The average Bonchev–Trinajstić information content (AvgIpc) is 2.90. The van der Waals surface area contributed by atoms with Crippen molar-refractivity contribution in [2.45, 2.75) is 25.7 Å². The molecule has 0 spiro atoms. The topological polar surface area (TPSA) is 37.3 Å². The van der Waals surface area contributed by atoms with E-state index < -0.39 is 11.4 Å². The number of hydrogen-bond donors (Lipinski definition) is 1. The first-order valence-electron chi connectivity index (χ1n) is 6.07. The summed E-state index contributed by atoms with van der Waals surface area (Å²) in [5.74, 6) is 0.813. The second-order valence-corrected chi connectivity index (χ2v) is 6.80. The Labute approximate surface area is 115 Å². The highest BCUT2D eigenvalue weighted by Crippen LogP contribution is 2.60. The largest absolute Gasteiger partial charge is 0.481 e. The van der Waals surface area contributed by atoms with Gasteiger partial charge in [0.2, 0.25) is 0 Å². The van der Waals surface area contributed by atoms with Gasteiger partial charge in [0.05, 0.1) is 5.41 Å². The summed E-state index contributed by atoms with van der Waals surface area (Å²) in [5, 5.41) is 9.52. The lowest BCUT2D eigenvalue weighted by Crippen LogP contribution is -2.31. The fourth-order valence-corrected chi connectivity index (χ4v) is 3.64. The van der Waals surface area contributed by atoms with Crippen molar-refractivity contribution in [3.63, 3.8) is 0 Å². The van der Waals surface area contributed by atoms with Gasteiger partial charge in [-0.3, -0.25) is 4.79 Å². The van der Waals surface area contributed by atoms with Crippen LogP contribution in [0, 0.1) is 20.8 Å². The number of aliphatic carboxylic acids is 1. The molecule has 2 nitrogen and oxygen atoms in total. The fraction of sp³-hybridized carbons (Fsp3) is 0.500. The summed E-state index contributed by atoms with van der Waals surface area (Å²) in [6.07, 6.45) is 3.74. The Morgan fingerprint density at radius 1 is 1.29 bits per heavy atom. The molecule has 3 heteroatoms. The lowest BCUT2D eigenvalue weighted by atomic mass is 9.77. The SMILES string of the molecule is O=C(O)C1(Cc2ccc(I)cc2)CC2CC2C1. The summed E-state index contributed by atoms with van der Waals surface area (Å²) in [6.45, 7) is 0. The fourth-order valence-electron chi connectivity index (χ4n) is 3.28. The molecule has 1 N–H and O–H groups in total. The summed E-state index contributed by atoms with van der Waals surface area (Å²) in [6, 6.07) is 8.25. The maximum Gasteiger partial charge on any atom is 0.309 e. The van der Waals surface area contributed by atoms with E-state index in [2.05, 4.69) is 46.9 Å². The van der Waals surface area contributed by atoms with Crippen LogP contribution in [0.2, 0.25) is 0 Å². The molecular formula is C14H15IO2. The van der Waals surface area contributed by atoms with E-state index in [4.69, 9.17) is 0 Å². The van der Waals surface area contributed by atoms with Crippen molar-refractivity contribution in [3.05, 3.63) is 33.4 Å². The summed E-state index contributed by atoms with van der Waals surface area (Å²) < 4.78 is 1.20. The minimum Gasteiger partial charge on any atom is -0.481 e. The molecular weight excluding hydrogens is 327 g/mol. The summed E-state index contributed by atoms with van der Waals surface area (Å²) in [5.41, 5.74) is 0.689. The highest BCUT2D eigenvalue weighted by atomic mass is 127. The number of carboxylic acid groups (broad SMARTS) is 1. The van der Waals surface area contributed by atoms with Gasteiger partial charge in [0.15, 0.2) is 0 Å². The Balaban J connectivity index is 1.81. The number of carbonyl (C=O) groups is 1. The van der Waals surface area contributed by atoms with Gasteiger partial charge in [-0.05, 0) is 77.8 Å². The van der Waals surface area contributed by atoms with Crippen LogP contribution in [0.1, 0.15) is 24.8 Å². The standard InChI is InChI=1S/C14H15IO2/c15-12-3-1-9(2-4-12)6-14(13(16)17)7-10-5-11(10)8-14/h1-4,10-11H,5-8H2,(H,16,17). The van der Waals surface area contributed by atoms with Crippen molar-refractivity contribution in [1.82, 2.24) is 0 Å². The van der Waals surface area contributed by atoms with Gasteiger partial charge in [-0.25, -0.2) is 0 Å². The second kappa shape index (κ2) is 3.97. The maximum absolute atomic E-state index is 11.6. The summed E-state index contributed by atoms with van der Waals surface area (Å²) >= 11 is 2.27. The Bertz CT molecular complexity index is 442. The molecule has 0 radical (unpaired) electrons. The number of rotatable bonds is 3. The maximum atomic E-state index is 11.6. The molecule has 90 valence electrons. The van der Waals surface area contributed by atoms with Crippen molar-refractivity contribution in [2.24, 2.45) is 17.3 Å². The quantitative estimate of drug-likeness (QED) is 0.856. The number of fused-ring (bicyclic) bond motifs is 1. The van der Waals surface area contributed by atoms with Crippen molar-refractivity contribution in [1.29, 1.82) is 0 Å². The molecule has 0 aliphatic heterocycles. The number of halogens is 1. The Morgan fingerprint density at radius 2 is 1.88 bits per heavy atom. The van der Waals surface area contributed by atoms with Gasteiger partial charge < -0.3 is 5.11 Å². The van der Waals surface area contributed by atoms with E-state index in [1.807, 2.05) is 0 Å². The molecule has 2 aliphatic rings. The zero-order chi connectivity index (χ0) is 12.0. The molecule has 2 saturated carbocycles. The molecule has 17 heavy (non-hydrogen) atoms. The number of benzene rings is 1. The van der Waals surface area contributed by atoms with Gasteiger partial charge in [0.25, 0.3) is 0 Å². The first-order chi connectivity index (χ1) is 8.09.